The summed E-state index contributed by atoms with van der Waals surface area (Å²) in [6.07, 6.45) is 12.1. The lowest BCUT2D eigenvalue weighted by molar-refractivity contribution is -0.0692. The van der Waals surface area contributed by atoms with Crippen molar-refractivity contribution in [2.24, 2.45) is 23.0 Å². The molecule has 3 fully saturated rings. The summed E-state index contributed by atoms with van der Waals surface area (Å²) >= 11 is 0. The zero-order valence-corrected chi connectivity index (χ0v) is 24.0. The van der Waals surface area contributed by atoms with E-state index < -0.39 is 0 Å². The van der Waals surface area contributed by atoms with Crippen LogP contribution in [0.3, 0.4) is 0 Å². The van der Waals surface area contributed by atoms with Gasteiger partial charge in [0.25, 0.3) is 0 Å². The Balaban J connectivity index is 0.00000156. The number of hydrogen-bond donors (Lipinski definition) is 3. The number of rotatable bonds is 14. The highest BCUT2D eigenvalue weighted by Gasteiger charge is 2.69. The fraction of sp³-hybridized carbons (Fsp3) is 0.750. The van der Waals surface area contributed by atoms with Crippen molar-refractivity contribution in [1.82, 2.24) is 10.2 Å². The summed E-state index contributed by atoms with van der Waals surface area (Å²) in [5.74, 6) is 2.85. The third kappa shape index (κ3) is 5.60. The molecule has 5 nitrogen and oxygen atoms in total. The van der Waals surface area contributed by atoms with Crippen LogP contribution in [0.2, 0.25) is 0 Å². The Morgan fingerprint density at radius 2 is 2.03 bits per heavy atom. The van der Waals surface area contributed by atoms with Gasteiger partial charge in [0.05, 0.1) is 13.2 Å². The number of unbranched alkanes of at least 4 members (excludes halogenated alkanes) is 2. The second-order valence-electron chi connectivity index (χ2n) is 12.2. The molecule has 1 spiro atoms. The number of benzene rings is 1. The predicted octanol–water partition coefficient (Wildman–Crippen LogP) is 5.75. The van der Waals surface area contributed by atoms with E-state index in [1.807, 2.05) is 19.9 Å². The molecule has 5 rings (SSSR count). The molecule has 4 N–H and O–H groups in total. The number of hydrogen-bond acceptors (Lipinski definition) is 5. The van der Waals surface area contributed by atoms with Crippen LogP contribution < -0.4 is 11.1 Å². The van der Waals surface area contributed by atoms with Gasteiger partial charge in [0.2, 0.25) is 0 Å². The summed E-state index contributed by atoms with van der Waals surface area (Å²) in [6.45, 7) is 15.0. The number of nitrogens with zero attached hydrogens (tertiary/aromatic N) is 1. The van der Waals surface area contributed by atoms with Crippen LogP contribution in [-0.4, -0.2) is 55.4 Å². The highest BCUT2D eigenvalue weighted by atomic mass is 16.5. The van der Waals surface area contributed by atoms with Crippen molar-refractivity contribution in [3.63, 3.8) is 0 Å². The largest absolute Gasteiger partial charge is 0.508 e. The van der Waals surface area contributed by atoms with Crippen LogP contribution in [0.25, 0.3) is 0 Å². The van der Waals surface area contributed by atoms with Crippen LogP contribution in [0.4, 0.5) is 0 Å². The zero-order chi connectivity index (χ0) is 26.6. The van der Waals surface area contributed by atoms with Gasteiger partial charge in [-0.1, -0.05) is 46.3 Å². The van der Waals surface area contributed by atoms with E-state index in [0.717, 1.165) is 50.4 Å². The predicted molar refractivity (Wildman–Crippen MR) is 154 cm³/mol. The van der Waals surface area contributed by atoms with Crippen molar-refractivity contribution in [3.05, 3.63) is 41.7 Å². The number of phenols is 1. The topological polar surface area (TPSA) is 70.8 Å². The summed E-state index contributed by atoms with van der Waals surface area (Å²) in [6, 6.07) is 7.17. The van der Waals surface area contributed by atoms with E-state index in [4.69, 9.17) is 10.5 Å². The summed E-state index contributed by atoms with van der Waals surface area (Å²) in [7, 11) is 1.72. The Morgan fingerprint density at radius 3 is 2.73 bits per heavy atom. The number of likely N-dealkylation sites (tertiary alicyclic amines) is 1. The van der Waals surface area contributed by atoms with Crippen molar-refractivity contribution in [2.75, 3.05) is 33.3 Å². The highest BCUT2D eigenvalue weighted by molar-refractivity contribution is 5.48. The van der Waals surface area contributed by atoms with E-state index in [1.165, 1.54) is 62.7 Å². The molecule has 2 saturated carbocycles. The van der Waals surface area contributed by atoms with Gasteiger partial charge in [-0.15, -0.1) is 0 Å². The van der Waals surface area contributed by atoms with Gasteiger partial charge in [-0.3, -0.25) is 4.90 Å². The van der Waals surface area contributed by atoms with Crippen molar-refractivity contribution >= 4 is 0 Å². The van der Waals surface area contributed by atoms with E-state index in [0.29, 0.717) is 23.1 Å². The Labute approximate surface area is 226 Å². The average molecular weight is 512 g/mol. The number of methoxy groups -OCH3 is 1. The molecule has 1 aromatic rings. The van der Waals surface area contributed by atoms with Gasteiger partial charge in [0.1, 0.15) is 11.5 Å². The van der Waals surface area contributed by atoms with Crippen LogP contribution in [0, 0.1) is 17.3 Å². The van der Waals surface area contributed by atoms with E-state index in [-0.39, 0.29) is 11.5 Å². The SMILES string of the molecule is C=C(OC)[C@H](CCCCN)NCCCCC12CC3(Cc4ccc(O)cc41)CN(CC1CC1)C3[C@@H]2C.CC. The normalized spacial score (nSPS) is 30.4. The number of ether oxygens (including phenoxy) is 1. The van der Waals surface area contributed by atoms with E-state index in [2.05, 4.69) is 35.9 Å². The highest BCUT2D eigenvalue weighted by Crippen LogP contribution is 2.68. The number of fused-ring (bicyclic) bond motifs is 3. The minimum Gasteiger partial charge on any atom is -0.508 e. The number of aromatic hydroxyl groups is 1. The summed E-state index contributed by atoms with van der Waals surface area (Å²) < 4.78 is 5.45. The van der Waals surface area contributed by atoms with E-state index in [9.17, 15) is 5.11 Å². The lowest BCUT2D eigenvalue weighted by Crippen LogP contribution is -2.64. The molecule has 0 amide bonds. The second-order valence-corrected chi connectivity index (χ2v) is 12.2. The summed E-state index contributed by atoms with van der Waals surface area (Å²) in [5.41, 5.74) is 9.30. The monoisotopic (exact) mass is 511 g/mol. The van der Waals surface area contributed by atoms with Gasteiger partial charge in [0.15, 0.2) is 0 Å². The molecule has 1 heterocycles. The molecule has 4 aliphatic rings. The minimum atomic E-state index is 0.200. The van der Waals surface area contributed by atoms with Crippen LogP contribution in [-0.2, 0) is 16.6 Å². The molecule has 2 bridgehead atoms. The molecule has 0 radical (unpaired) electrons. The number of nitrogens with two attached hydrogens (primary N) is 1. The molecule has 1 aliphatic heterocycles. The maximum Gasteiger partial charge on any atom is 0.115 e. The lowest BCUT2D eigenvalue weighted by atomic mass is 9.61. The Morgan fingerprint density at radius 1 is 1.24 bits per heavy atom. The first kappa shape index (κ1) is 28.4. The second kappa shape index (κ2) is 12.1. The smallest absolute Gasteiger partial charge is 0.115 e. The first-order valence-electron chi connectivity index (χ1n) is 15.1. The van der Waals surface area contributed by atoms with Gasteiger partial charge in [-0.05, 0) is 99.6 Å². The molecule has 3 aliphatic carbocycles. The van der Waals surface area contributed by atoms with Gasteiger partial charge in [-0.2, -0.15) is 0 Å². The average Bonchev–Trinajstić information content (AvgIpc) is 3.70. The fourth-order valence-corrected chi connectivity index (χ4v) is 8.21. The van der Waals surface area contributed by atoms with Crippen molar-refractivity contribution in [3.8, 4) is 5.75 Å². The quantitative estimate of drug-likeness (QED) is 0.219. The number of nitrogens with one attached hydrogen (secondary N) is 1. The molecule has 5 atom stereocenters. The van der Waals surface area contributed by atoms with Crippen LogP contribution in [0.5, 0.6) is 5.75 Å². The maximum absolute atomic E-state index is 10.4. The molecule has 37 heavy (non-hydrogen) atoms. The molecule has 1 aromatic carbocycles. The number of phenolic OH excluding ortho intramolecular Hbond substituents is 1. The van der Waals surface area contributed by atoms with Gasteiger partial charge in [-0.25, -0.2) is 0 Å². The Bertz CT molecular complexity index is 915. The summed E-state index contributed by atoms with van der Waals surface area (Å²) in [5, 5.41) is 14.1. The molecule has 1 saturated heterocycles. The Kier molecular flexibility index (Phi) is 9.30. The molecule has 208 valence electrons. The van der Waals surface area contributed by atoms with Crippen molar-refractivity contribution in [2.45, 2.75) is 102 Å². The summed E-state index contributed by atoms with van der Waals surface area (Å²) in [4.78, 5) is 2.83. The van der Waals surface area contributed by atoms with Crippen LogP contribution in [0.1, 0.15) is 89.7 Å². The molecule has 0 aromatic heterocycles. The van der Waals surface area contributed by atoms with Crippen molar-refractivity contribution in [1.29, 1.82) is 0 Å². The fourth-order valence-electron chi connectivity index (χ4n) is 8.21. The lowest BCUT2D eigenvalue weighted by Gasteiger charge is -2.56. The van der Waals surface area contributed by atoms with E-state index in [1.54, 1.807) is 7.11 Å². The molecular formula is C32H53N3O2. The van der Waals surface area contributed by atoms with Crippen LogP contribution in [0.15, 0.2) is 30.5 Å². The third-order valence-corrected chi connectivity index (χ3v) is 9.95. The third-order valence-electron chi connectivity index (χ3n) is 9.95. The van der Waals surface area contributed by atoms with Gasteiger partial charge in [0, 0.05) is 30.0 Å². The first-order valence-corrected chi connectivity index (χ1v) is 15.1. The minimum absolute atomic E-state index is 0.200. The van der Waals surface area contributed by atoms with E-state index >= 15 is 0 Å². The Hall–Kier alpha value is -1.56. The van der Waals surface area contributed by atoms with Crippen molar-refractivity contribution < 1.29 is 9.84 Å². The standard InChI is InChI=1S/C30H47N3O2.C2H6/c1-21-28-29(20-33(28)18-23-9-10-23)17-24-11-12-25(34)16-26(24)30(21,19-29)13-5-7-15-32-27(22(2)35-3)8-4-6-14-31;1-2/h11-12,16,21,23,27-28,32,34H,2,4-10,13-15,17-20,31H2,1,3H3;1-2H3/t21-,27-,28?,29?,30?;/m0./s1. The molecule has 3 unspecified atom stereocenters. The van der Waals surface area contributed by atoms with Gasteiger partial charge < -0.3 is 20.9 Å². The first-order chi connectivity index (χ1) is 17.9. The maximum atomic E-state index is 10.4. The molecular weight excluding hydrogens is 458 g/mol. The van der Waals surface area contributed by atoms with Crippen LogP contribution >= 0.6 is 0 Å². The zero-order valence-electron chi connectivity index (χ0n) is 24.0. The molecule has 5 heteroatoms. The van der Waals surface area contributed by atoms with Gasteiger partial charge >= 0.3 is 0 Å².